The molecule has 1 aliphatic rings. The Hall–Kier alpha value is -2.78. The first-order valence-corrected chi connectivity index (χ1v) is 8.88. The summed E-state index contributed by atoms with van der Waals surface area (Å²) in [4.78, 5) is 25.8. The minimum Gasteiger partial charge on any atom is -0.507 e. The molecule has 0 unspecified atom stereocenters. The maximum Gasteiger partial charge on any atom is 0.236 e. The third-order valence-corrected chi connectivity index (χ3v) is 4.09. The molecule has 3 N–H and O–H groups in total. The first kappa shape index (κ1) is 21.5. The lowest BCUT2D eigenvalue weighted by molar-refractivity contribution is 0.0483. The Balaban J connectivity index is 2.47. The molecule has 0 heterocycles. The van der Waals surface area contributed by atoms with Gasteiger partial charge < -0.3 is 34.3 Å². The van der Waals surface area contributed by atoms with Crippen LogP contribution in [0.1, 0.15) is 40.1 Å². The van der Waals surface area contributed by atoms with Gasteiger partial charge in [-0.3, -0.25) is 9.59 Å². The van der Waals surface area contributed by atoms with Crippen LogP contribution in [0.4, 0.5) is 0 Å². The van der Waals surface area contributed by atoms with E-state index >= 15 is 0 Å². The molecule has 154 valence electrons. The van der Waals surface area contributed by atoms with Gasteiger partial charge in [0.15, 0.2) is 11.5 Å². The van der Waals surface area contributed by atoms with Crippen molar-refractivity contribution in [2.24, 2.45) is 0 Å². The van der Waals surface area contributed by atoms with E-state index in [9.17, 15) is 24.9 Å². The molecular weight excluding hydrogens is 372 g/mol. The summed E-state index contributed by atoms with van der Waals surface area (Å²) in [5, 5.41) is 30.4. The van der Waals surface area contributed by atoms with Crippen molar-refractivity contribution in [2.45, 2.75) is 20.8 Å². The predicted octanol–water partition coefficient (Wildman–Crippen LogP) is 1.81. The number of aromatic hydroxyl groups is 3. The first-order chi connectivity index (χ1) is 13.4. The molecule has 0 radical (unpaired) electrons. The normalized spacial score (nSPS) is 13.7. The molecule has 0 saturated heterocycles. The number of allylic oxidation sites excluding steroid dienone is 2. The molecule has 1 aromatic rings. The van der Waals surface area contributed by atoms with E-state index in [2.05, 4.69) is 0 Å². The molecule has 0 amide bonds. The van der Waals surface area contributed by atoms with Crippen LogP contribution in [0.15, 0.2) is 11.5 Å². The van der Waals surface area contributed by atoms with Crippen molar-refractivity contribution in [3.8, 4) is 17.2 Å². The summed E-state index contributed by atoms with van der Waals surface area (Å²) in [6.45, 7) is 6.04. The van der Waals surface area contributed by atoms with Crippen LogP contribution >= 0.6 is 0 Å². The van der Waals surface area contributed by atoms with Gasteiger partial charge in [0, 0.05) is 18.8 Å². The highest BCUT2D eigenvalue weighted by atomic mass is 16.6. The van der Waals surface area contributed by atoms with Crippen LogP contribution in [0.2, 0.25) is 0 Å². The minimum absolute atomic E-state index is 0.0281. The number of ketones is 2. The maximum absolute atomic E-state index is 12.9. The van der Waals surface area contributed by atoms with Crippen molar-refractivity contribution in [3.05, 3.63) is 28.2 Å². The summed E-state index contributed by atoms with van der Waals surface area (Å²) in [5.74, 6) is -4.65. The second-order valence-corrected chi connectivity index (χ2v) is 5.83. The molecular formula is C19H24O9. The van der Waals surface area contributed by atoms with Gasteiger partial charge in [0.05, 0.1) is 24.3 Å². The summed E-state index contributed by atoms with van der Waals surface area (Å²) in [5.41, 5.74) is -1.11. The number of benzene rings is 1. The number of rotatable bonds is 10. The van der Waals surface area contributed by atoms with Gasteiger partial charge >= 0.3 is 0 Å². The topological polar surface area (TPSA) is 132 Å². The van der Waals surface area contributed by atoms with Crippen LogP contribution in [0.25, 0.3) is 0 Å². The van der Waals surface area contributed by atoms with Crippen LogP contribution in [0, 0.1) is 6.92 Å². The number of carbonyl (C=O) groups is 2. The lowest BCUT2D eigenvalue weighted by atomic mass is 9.88. The molecule has 0 aliphatic heterocycles. The molecule has 1 aromatic carbocycles. The van der Waals surface area contributed by atoms with Gasteiger partial charge in [-0.15, -0.1) is 0 Å². The van der Waals surface area contributed by atoms with Gasteiger partial charge in [-0.2, -0.15) is 0 Å². The number of carbonyl (C=O) groups excluding carboxylic acids is 2. The summed E-state index contributed by atoms with van der Waals surface area (Å²) in [6, 6.07) is 0. The molecule has 0 aromatic heterocycles. The Bertz CT molecular complexity index is 730. The van der Waals surface area contributed by atoms with Gasteiger partial charge in [0.2, 0.25) is 23.1 Å². The third-order valence-electron chi connectivity index (χ3n) is 4.09. The number of hydrogen-bond donors (Lipinski definition) is 3. The van der Waals surface area contributed by atoms with Gasteiger partial charge in [-0.1, -0.05) is 0 Å². The number of fused-ring (bicyclic) bond motifs is 1. The Kier molecular flexibility index (Phi) is 7.24. The van der Waals surface area contributed by atoms with E-state index in [4.69, 9.17) is 18.9 Å². The number of phenolic OH excluding ortho intramolecular Hbond substituents is 3. The molecule has 0 fully saturated rings. The van der Waals surface area contributed by atoms with Gasteiger partial charge in [-0.25, -0.2) is 0 Å². The molecule has 28 heavy (non-hydrogen) atoms. The fourth-order valence-corrected chi connectivity index (χ4v) is 2.66. The molecule has 9 heteroatoms. The Morgan fingerprint density at radius 2 is 1.11 bits per heavy atom. The standard InChI is InChI=1S/C19H24O9/c1-4-25-6-8-27-18-16(23)11-12(15(22)14(21)10(3)13(11)20)17(24)19(18)28-9-7-26-5-2/h20-22H,4-9H2,1-3H3. The van der Waals surface area contributed by atoms with Crippen molar-refractivity contribution in [3.63, 3.8) is 0 Å². The quantitative estimate of drug-likeness (QED) is 0.308. The van der Waals surface area contributed by atoms with Crippen molar-refractivity contribution in [1.29, 1.82) is 0 Å². The average molecular weight is 396 g/mol. The fraction of sp³-hybridized carbons (Fsp3) is 0.474. The smallest absolute Gasteiger partial charge is 0.236 e. The second-order valence-electron chi connectivity index (χ2n) is 5.83. The predicted molar refractivity (Wildman–Crippen MR) is 96.8 cm³/mol. The van der Waals surface area contributed by atoms with Crippen molar-refractivity contribution < 1.29 is 43.9 Å². The average Bonchev–Trinajstić information content (AvgIpc) is 2.68. The summed E-state index contributed by atoms with van der Waals surface area (Å²) < 4.78 is 21.1. The Labute approximate surface area is 162 Å². The van der Waals surface area contributed by atoms with Crippen molar-refractivity contribution in [1.82, 2.24) is 0 Å². The maximum atomic E-state index is 12.9. The number of Topliss-reactive ketones (excluding diaryl/α,β-unsaturated/α-hetero) is 2. The monoisotopic (exact) mass is 396 g/mol. The highest BCUT2D eigenvalue weighted by molar-refractivity contribution is 6.27. The molecule has 1 aliphatic carbocycles. The zero-order valence-corrected chi connectivity index (χ0v) is 16.0. The van der Waals surface area contributed by atoms with Crippen LogP contribution < -0.4 is 0 Å². The van der Waals surface area contributed by atoms with E-state index in [0.29, 0.717) is 13.2 Å². The number of phenols is 3. The van der Waals surface area contributed by atoms with E-state index in [-0.39, 0.29) is 32.0 Å². The summed E-state index contributed by atoms with van der Waals surface area (Å²) in [6.07, 6.45) is 0. The highest BCUT2D eigenvalue weighted by Gasteiger charge is 2.41. The summed E-state index contributed by atoms with van der Waals surface area (Å²) in [7, 11) is 0. The van der Waals surface area contributed by atoms with Gasteiger partial charge in [-0.05, 0) is 20.8 Å². The van der Waals surface area contributed by atoms with E-state index < -0.39 is 51.5 Å². The molecule has 0 atom stereocenters. The SMILES string of the molecule is CCOCCOC1=C(OCCOCC)C(=O)c2c(O)c(O)c(C)c(O)c2C1=O. The van der Waals surface area contributed by atoms with Crippen LogP contribution in [-0.4, -0.2) is 66.5 Å². The van der Waals surface area contributed by atoms with Gasteiger partial charge in [0.25, 0.3) is 0 Å². The fourth-order valence-electron chi connectivity index (χ4n) is 2.66. The lowest BCUT2D eigenvalue weighted by Crippen LogP contribution is -2.27. The molecule has 9 nitrogen and oxygen atoms in total. The van der Waals surface area contributed by atoms with Crippen LogP contribution in [0.3, 0.4) is 0 Å². The first-order valence-electron chi connectivity index (χ1n) is 8.88. The highest BCUT2D eigenvalue weighted by Crippen LogP contribution is 2.46. The van der Waals surface area contributed by atoms with E-state index in [1.807, 2.05) is 0 Å². The molecule has 0 bridgehead atoms. The largest absolute Gasteiger partial charge is 0.507 e. The number of ether oxygens (including phenoxy) is 4. The number of hydrogen-bond acceptors (Lipinski definition) is 9. The molecule has 0 spiro atoms. The van der Waals surface area contributed by atoms with Crippen LogP contribution in [-0.2, 0) is 18.9 Å². The van der Waals surface area contributed by atoms with E-state index in [1.165, 1.54) is 6.92 Å². The lowest BCUT2D eigenvalue weighted by Gasteiger charge is -2.23. The van der Waals surface area contributed by atoms with Crippen molar-refractivity contribution >= 4 is 11.6 Å². The Morgan fingerprint density at radius 3 is 1.54 bits per heavy atom. The zero-order chi connectivity index (χ0) is 20.8. The second kappa shape index (κ2) is 9.43. The minimum atomic E-state index is -0.888. The van der Waals surface area contributed by atoms with Crippen LogP contribution in [0.5, 0.6) is 17.2 Å². The molecule has 2 rings (SSSR count). The molecule has 0 saturated carbocycles. The van der Waals surface area contributed by atoms with Gasteiger partial charge in [0.1, 0.15) is 19.0 Å². The third kappa shape index (κ3) is 4.05. The Morgan fingerprint density at radius 1 is 0.679 bits per heavy atom. The zero-order valence-electron chi connectivity index (χ0n) is 16.0. The summed E-state index contributed by atoms with van der Waals surface area (Å²) >= 11 is 0. The van der Waals surface area contributed by atoms with E-state index in [0.717, 1.165) is 0 Å². The van der Waals surface area contributed by atoms with E-state index in [1.54, 1.807) is 13.8 Å². The van der Waals surface area contributed by atoms with Crippen molar-refractivity contribution in [2.75, 3.05) is 39.6 Å².